The molecule has 0 aliphatic carbocycles. The number of rotatable bonds is 5. The number of carboxylic acids is 1. The number of nitrogens with zero attached hydrogens (tertiary/aromatic N) is 2. The van der Waals surface area contributed by atoms with Gasteiger partial charge < -0.3 is 24.4 Å². The molecule has 0 aromatic carbocycles. The maximum Gasteiger partial charge on any atom is 0.329 e. The zero-order valence-electron chi connectivity index (χ0n) is 10.0. The minimum atomic E-state index is -0.933. The Balaban J connectivity index is 0.000000325. The van der Waals surface area contributed by atoms with Crippen molar-refractivity contribution in [1.29, 1.82) is 0 Å². The molecule has 1 N–H and O–H groups in total. The van der Waals surface area contributed by atoms with Crippen LogP contribution in [-0.4, -0.2) is 68.6 Å². The van der Waals surface area contributed by atoms with Gasteiger partial charge in [0.1, 0.15) is 6.61 Å². The van der Waals surface area contributed by atoms with Crippen LogP contribution in [0.25, 0.3) is 0 Å². The Kier molecular flexibility index (Phi) is 8.28. The van der Waals surface area contributed by atoms with Crippen molar-refractivity contribution in [1.82, 2.24) is 9.80 Å². The van der Waals surface area contributed by atoms with E-state index in [1.165, 1.54) is 7.11 Å². The van der Waals surface area contributed by atoms with Gasteiger partial charge in [0.05, 0.1) is 13.3 Å². The maximum atomic E-state index is 9.47. The standard InChI is InChI=1S/C7H14N2O.C3H6O3/c1-8-3-4-9(7-8)5-6-10-2;1-6-2-3(4)5/h3-4H,5-7H2,1-2H3;2H2,1H3,(H,4,5). The van der Waals surface area contributed by atoms with Gasteiger partial charge in [-0.05, 0) is 0 Å². The summed E-state index contributed by atoms with van der Waals surface area (Å²) in [5, 5.41) is 7.79. The monoisotopic (exact) mass is 232 g/mol. The molecular formula is C10H20N2O4. The highest BCUT2D eigenvalue weighted by Gasteiger charge is 2.06. The fourth-order valence-electron chi connectivity index (χ4n) is 1.07. The van der Waals surface area contributed by atoms with Crippen molar-refractivity contribution in [3.63, 3.8) is 0 Å². The molecule has 6 nitrogen and oxygen atoms in total. The summed E-state index contributed by atoms with van der Waals surface area (Å²) in [4.78, 5) is 13.8. The Labute approximate surface area is 96.0 Å². The topological polar surface area (TPSA) is 62.2 Å². The Morgan fingerprint density at radius 1 is 1.38 bits per heavy atom. The first-order valence-corrected chi connectivity index (χ1v) is 4.92. The zero-order chi connectivity index (χ0) is 12.4. The fourth-order valence-corrected chi connectivity index (χ4v) is 1.07. The van der Waals surface area contributed by atoms with Gasteiger partial charge in [0.15, 0.2) is 0 Å². The first-order chi connectivity index (χ1) is 7.60. The Hall–Kier alpha value is -1.27. The van der Waals surface area contributed by atoms with E-state index < -0.39 is 5.97 Å². The van der Waals surface area contributed by atoms with Gasteiger partial charge in [0.2, 0.25) is 0 Å². The molecule has 0 bridgehead atoms. The van der Waals surface area contributed by atoms with Crippen LogP contribution in [0, 0.1) is 0 Å². The smallest absolute Gasteiger partial charge is 0.329 e. The number of carbonyl (C=O) groups is 1. The first kappa shape index (κ1) is 14.7. The average molecular weight is 232 g/mol. The van der Waals surface area contributed by atoms with Crippen LogP contribution in [0.4, 0.5) is 0 Å². The first-order valence-electron chi connectivity index (χ1n) is 4.92. The van der Waals surface area contributed by atoms with Gasteiger partial charge in [0, 0.05) is 40.2 Å². The summed E-state index contributed by atoms with van der Waals surface area (Å²) in [6, 6.07) is 0. The molecule has 0 saturated carbocycles. The van der Waals surface area contributed by atoms with Crippen molar-refractivity contribution >= 4 is 5.97 Å². The van der Waals surface area contributed by atoms with Crippen LogP contribution in [0.3, 0.4) is 0 Å². The minimum Gasteiger partial charge on any atom is -0.480 e. The third-order valence-corrected chi connectivity index (χ3v) is 1.79. The van der Waals surface area contributed by atoms with Gasteiger partial charge >= 0.3 is 5.97 Å². The molecule has 1 heterocycles. The molecule has 1 rings (SSSR count). The molecule has 0 spiro atoms. The third kappa shape index (κ3) is 8.07. The van der Waals surface area contributed by atoms with Crippen molar-refractivity contribution in [2.24, 2.45) is 0 Å². The van der Waals surface area contributed by atoms with Crippen LogP contribution in [0.1, 0.15) is 0 Å². The van der Waals surface area contributed by atoms with Crippen LogP contribution in [0.5, 0.6) is 0 Å². The molecule has 0 aromatic rings. The summed E-state index contributed by atoms with van der Waals surface area (Å²) < 4.78 is 9.15. The highest BCUT2D eigenvalue weighted by Crippen LogP contribution is 2.01. The van der Waals surface area contributed by atoms with Gasteiger partial charge in [0.25, 0.3) is 0 Å². The lowest BCUT2D eigenvalue weighted by Crippen LogP contribution is -2.25. The van der Waals surface area contributed by atoms with Gasteiger partial charge in [-0.3, -0.25) is 0 Å². The summed E-state index contributed by atoms with van der Waals surface area (Å²) in [6.45, 7) is 2.57. The molecule has 0 unspecified atom stereocenters. The van der Waals surface area contributed by atoms with Crippen molar-refractivity contribution < 1.29 is 19.4 Å². The number of carboxylic acid groups (broad SMARTS) is 1. The van der Waals surface area contributed by atoms with Crippen LogP contribution < -0.4 is 0 Å². The highest BCUT2D eigenvalue weighted by molar-refractivity contribution is 5.67. The average Bonchev–Trinajstić information content (AvgIpc) is 2.62. The van der Waals surface area contributed by atoms with Crippen LogP contribution >= 0.6 is 0 Å². The summed E-state index contributed by atoms with van der Waals surface area (Å²) in [5.41, 5.74) is 0. The Morgan fingerprint density at radius 2 is 2.06 bits per heavy atom. The molecule has 6 heteroatoms. The van der Waals surface area contributed by atoms with E-state index >= 15 is 0 Å². The zero-order valence-corrected chi connectivity index (χ0v) is 10.0. The van der Waals surface area contributed by atoms with Crippen molar-refractivity contribution in [3.05, 3.63) is 12.4 Å². The molecular weight excluding hydrogens is 212 g/mol. The molecule has 1 aliphatic heterocycles. The molecule has 0 atom stereocenters. The summed E-state index contributed by atoms with van der Waals surface area (Å²) in [5.74, 6) is -0.933. The minimum absolute atomic E-state index is 0.208. The SMILES string of the molecule is COCC(=O)O.COCCN1C=CN(C)C1. The predicted molar refractivity (Wildman–Crippen MR) is 59.9 cm³/mol. The second-order valence-electron chi connectivity index (χ2n) is 3.33. The summed E-state index contributed by atoms with van der Waals surface area (Å²) in [7, 11) is 5.13. The van der Waals surface area contributed by atoms with Gasteiger partial charge in [-0.2, -0.15) is 0 Å². The molecule has 0 amide bonds. The normalized spacial score (nSPS) is 13.7. The Bertz CT molecular complexity index is 221. The second-order valence-corrected chi connectivity index (χ2v) is 3.33. The molecule has 0 saturated heterocycles. The molecule has 1 aliphatic rings. The molecule has 0 radical (unpaired) electrons. The largest absolute Gasteiger partial charge is 0.480 e. The van der Waals surface area contributed by atoms with Crippen molar-refractivity contribution in [2.45, 2.75) is 0 Å². The van der Waals surface area contributed by atoms with Crippen LogP contribution in [0.15, 0.2) is 12.4 Å². The van der Waals surface area contributed by atoms with E-state index in [4.69, 9.17) is 9.84 Å². The van der Waals surface area contributed by atoms with E-state index in [0.29, 0.717) is 0 Å². The van der Waals surface area contributed by atoms with Crippen molar-refractivity contribution in [3.8, 4) is 0 Å². The van der Waals surface area contributed by atoms with E-state index in [2.05, 4.69) is 34.0 Å². The van der Waals surface area contributed by atoms with E-state index in [9.17, 15) is 4.79 Å². The predicted octanol–water partition coefficient (Wildman–Crippen LogP) is 0.0263. The Morgan fingerprint density at radius 3 is 2.38 bits per heavy atom. The number of hydrogen-bond acceptors (Lipinski definition) is 5. The lowest BCUT2D eigenvalue weighted by atomic mass is 10.6. The second kappa shape index (κ2) is 8.99. The van der Waals surface area contributed by atoms with Gasteiger partial charge in [-0.15, -0.1) is 0 Å². The van der Waals surface area contributed by atoms with Crippen LogP contribution in [-0.2, 0) is 14.3 Å². The third-order valence-electron chi connectivity index (χ3n) is 1.79. The fraction of sp³-hybridized carbons (Fsp3) is 0.700. The summed E-state index contributed by atoms with van der Waals surface area (Å²) in [6.07, 6.45) is 4.15. The van der Waals surface area contributed by atoms with Crippen LogP contribution in [0.2, 0.25) is 0 Å². The number of hydrogen-bond donors (Lipinski definition) is 1. The van der Waals surface area contributed by atoms with E-state index in [0.717, 1.165) is 19.8 Å². The molecule has 94 valence electrons. The van der Waals surface area contributed by atoms with Crippen molar-refractivity contribution in [2.75, 3.05) is 47.7 Å². The quantitative estimate of drug-likeness (QED) is 0.721. The number of aliphatic carboxylic acids is 1. The van der Waals surface area contributed by atoms with E-state index in [1.807, 2.05) is 0 Å². The lowest BCUT2D eigenvalue weighted by molar-refractivity contribution is -0.141. The highest BCUT2D eigenvalue weighted by atomic mass is 16.5. The van der Waals surface area contributed by atoms with E-state index in [-0.39, 0.29) is 6.61 Å². The molecule has 16 heavy (non-hydrogen) atoms. The molecule has 0 aromatic heterocycles. The van der Waals surface area contributed by atoms with Gasteiger partial charge in [-0.25, -0.2) is 4.79 Å². The maximum absolute atomic E-state index is 9.47. The summed E-state index contributed by atoms with van der Waals surface area (Å²) >= 11 is 0. The van der Waals surface area contributed by atoms with E-state index in [1.54, 1.807) is 7.11 Å². The lowest BCUT2D eigenvalue weighted by Gasteiger charge is -2.16. The number of ether oxygens (including phenoxy) is 2. The van der Waals surface area contributed by atoms with Gasteiger partial charge in [-0.1, -0.05) is 0 Å². The molecule has 0 fully saturated rings. The number of methoxy groups -OCH3 is 2.